The van der Waals surface area contributed by atoms with Gasteiger partial charge >= 0.3 is 0 Å². The van der Waals surface area contributed by atoms with Crippen molar-refractivity contribution in [2.75, 3.05) is 18.9 Å². The van der Waals surface area contributed by atoms with Crippen molar-refractivity contribution in [1.29, 1.82) is 0 Å². The summed E-state index contributed by atoms with van der Waals surface area (Å²) >= 11 is 0. The fraction of sp³-hybridized carbons (Fsp3) is 1.00. The van der Waals surface area contributed by atoms with Crippen LogP contribution in [0.25, 0.3) is 0 Å². The third kappa shape index (κ3) is 5.57. The number of sulfonamides is 1. The number of aliphatic hydroxyl groups excluding tert-OH is 1. The molecule has 0 radical (unpaired) electrons. The summed E-state index contributed by atoms with van der Waals surface area (Å²) in [5.74, 6) is 0.0418. The highest BCUT2D eigenvalue weighted by molar-refractivity contribution is 7.89. The molecule has 0 spiro atoms. The monoisotopic (exact) mass is 223 g/mol. The van der Waals surface area contributed by atoms with E-state index in [0.717, 1.165) is 0 Å². The van der Waals surface area contributed by atoms with E-state index in [1.807, 2.05) is 6.92 Å². The van der Waals surface area contributed by atoms with Crippen molar-refractivity contribution < 1.29 is 13.5 Å². The van der Waals surface area contributed by atoms with Gasteiger partial charge in [-0.25, -0.2) is 13.1 Å². The van der Waals surface area contributed by atoms with E-state index in [2.05, 4.69) is 25.5 Å². The summed E-state index contributed by atoms with van der Waals surface area (Å²) in [6.07, 6.45) is 0. The number of rotatable bonds is 5. The topological polar surface area (TPSA) is 66.4 Å². The molecular weight excluding hydrogens is 202 g/mol. The van der Waals surface area contributed by atoms with Gasteiger partial charge in [-0.1, -0.05) is 27.7 Å². The summed E-state index contributed by atoms with van der Waals surface area (Å²) in [6, 6.07) is 0. The van der Waals surface area contributed by atoms with Crippen molar-refractivity contribution in [3.05, 3.63) is 0 Å². The van der Waals surface area contributed by atoms with Crippen LogP contribution in [0.3, 0.4) is 0 Å². The molecule has 0 aliphatic rings. The Bertz CT molecular complexity index is 254. The lowest BCUT2D eigenvalue weighted by molar-refractivity contribution is 0.262. The van der Waals surface area contributed by atoms with Gasteiger partial charge in [-0.15, -0.1) is 0 Å². The predicted octanol–water partition coefficient (Wildman–Crippen LogP) is 0.580. The summed E-state index contributed by atoms with van der Waals surface area (Å²) < 4.78 is 24.9. The molecule has 0 aliphatic heterocycles. The lowest BCUT2D eigenvalue weighted by atomic mass is 9.82. The maximum Gasteiger partial charge on any atom is 0.213 e. The first-order valence-corrected chi connectivity index (χ1v) is 6.42. The van der Waals surface area contributed by atoms with Crippen LogP contribution in [0.4, 0.5) is 0 Å². The van der Waals surface area contributed by atoms with E-state index in [1.165, 1.54) is 0 Å². The van der Waals surface area contributed by atoms with Gasteiger partial charge in [-0.3, -0.25) is 0 Å². The molecule has 0 aliphatic carbocycles. The van der Waals surface area contributed by atoms with Crippen molar-refractivity contribution in [3.8, 4) is 0 Å². The van der Waals surface area contributed by atoms with Crippen LogP contribution in [0.15, 0.2) is 0 Å². The Balaban J connectivity index is 4.07. The molecule has 2 N–H and O–H groups in total. The zero-order valence-corrected chi connectivity index (χ0v) is 10.2. The third-order valence-corrected chi connectivity index (χ3v) is 3.77. The minimum Gasteiger partial charge on any atom is -0.395 e. The number of nitrogens with one attached hydrogen (secondary N) is 1. The normalized spacial score (nSPS) is 15.5. The van der Waals surface area contributed by atoms with Crippen LogP contribution >= 0.6 is 0 Å². The molecule has 0 aromatic carbocycles. The summed E-state index contributed by atoms with van der Waals surface area (Å²) in [4.78, 5) is 0. The molecule has 1 unspecified atom stereocenters. The second-order valence-electron chi connectivity index (χ2n) is 4.66. The Morgan fingerprint density at radius 1 is 1.36 bits per heavy atom. The quantitative estimate of drug-likeness (QED) is 0.716. The van der Waals surface area contributed by atoms with Crippen molar-refractivity contribution in [3.63, 3.8) is 0 Å². The molecule has 0 bridgehead atoms. The summed E-state index contributed by atoms with van der Waals surface area (Å²) in [5.41, 5.74) is 0.0851. The average molecular weight is 223 g/mol. The van der Waals surface area contributed by atoms with E-state index in [-0.39, 0.29) is 23.7 Å². The highest BCUT2D eigenvalue weighted by Crippen LogP contribution is 2.24. The Morgan fingerprint density at radius 2 is 1.86 bits per heavy atom. The van der Waals surface area contributed by atoms with Crippen molar-refractivity contribution in [2.45, 2.75) is 27.7 Å². The molecule has 0 heterocycles. The van der Waals surface area contributed by atoms with Crippen LogP contribution in [-0.2, 0) is 10.0 Å². The van der Waals surface area contributed by atoms with Gasteiger partial charge < -0.3 is 5.11 Å². The molecule has 0 amide bonds. The molecule has 0 aromatic heterocycles. The second kappa shape index (κ2) is 5.09. The van der Waals surface area contributed by atoms with Gasteiger partial charge in [0.15, 0.2) is 0 Å². The van der Waals surface area contributed by atoms with Gasteiger partial charge in [0.2, 0.25) is 10.0 Å². The first kappa shape index (κ1) is 13.9. The molecule has 0 aromatic rings. The summed E-state index contributed by atoms with van der Waals surface area (Å²) in [7, 11) is -3.29. The molecule has 0 saturated carbocycles. The van der Waals surface area contributed by atoms with Crippen LogP contribution in [-0.4, -0.2) is 32.4 Å². The minimum atomic E-state index is -3.29. The molecule has 0 rings (SSSR count). The van der Waals surface area contributed by atoms with E-state index in [9.17, 15) is 8.42 Å². The molecule has 0 fully saturated rings. The zero-order valence-electron chi connectivity index (χ0n) is 9.37. The van der Waals surface area contributed by atoms with E-state index in [1.54, 1.807) is 0 Å². The molecule has 5 heteroatoms. The summed E-state index contributed by atoms with van der Waals surface area (Å²) in [5, 5.41) is 8.51. The maximum absolute atomic E-state index is 11.2. The third-order valence-electron chi connectivity index (χ3n) is 2.45. The maximum atomic E-state index is 11.2. The first-order chi connectivity index (χ1) is 6.19. The van der Waals surface area contributed by atoms with Crippen molar-refractivity contribution in [1.82, 2.24) is 4.72 Å². The number of hydrogen-bond acceptors (Lipinski definition) is 3. The fourth-order valence-electron chi connectivity index (χ4n) is 0.751. The number of aliphatic hydroxyl groups is 1. The van der Waals surface area contributed by atoms with Gasteiger partial charge in [-0.2, -0.15) is 0 Å². The lowest BCUT2D eigenvalue weighted by Crippen LogP contribution is -2.35. The van der Waals surface area contributed by atoms with E-state index in [0.29, 0.717) is 6.54 Å². The molecule has 1 atom stereocenters. The van der Waals surface area contributed by atoms with Crippen LogP contribution in [0.1, 0.15) is 27.7 Å². The number of hydrogen-bond donors (Lipinski definition) is 2. The SMILES string of the molecule is CC(CNS(=O)(=O)CCO)C(C)(C)C. The minimum absolute atomic E-state index is 0.0851. The highest BCUT2D eigenvalue weighted by atomic mass is 32.2. The Labute approximate surface area is 86.8 Å². The average Bonchev–Trinajstić information content (AvgIpc) is 1.98. The van der Waals surface area contributed by atoms with Gasteiger partial charge in [0, 0.05) is 6.54 Å². The van der Waals surface area contributed by atoms with E-state index in [4.69, 9.17) is 5.11 Å². The Kier molecular flexibility index (Phi) is 5.05. The van der Waals surface area contributed by atoms with E-state index >= 15 is 0 Å². The fourth-order valence-corrected chi connectivity index (χ4v) is 1.64. The smallest absolute Gasteiger partial charge is 0.213 e. The molecule has 4 nitrogen and oxygen atoms in total. The predicted molar refractivity (Wildman–Crippen MR) is 57.5 cm³/mol. The molecule has 14 heavy (non-hydrogen) atoms. The largest absolute Gasteiger partial charge is 0.395 e. The molecule has 0 saturated heterocycles. The zero-order chi connectivity index (χ0) is 11.4. The van der Waals surface area contributed by atoms with Crippen LogP contribution < -0.4 is 4.72 Å². The standard InChI is InChI=1S/C9H21NO3S/c1-8(9(2,3)4)7-10-14(12,13)6-5-11/h8,10-11H,5-7H2,1-4H3. The molecule has 86 valence electrons. The van der Waals surface area contributed by atoms with Gasteiger partial charge in [0.1, 0.15) is 0 Å². The van der Waals surface area contributed by atoms with Crippen molar-refractivity contribution in [2.24, 2.45) is 11.3 Å². The first-order valence-electron chi connectivity index (χ1n) is 4.77. The van der Waals surface area contributed by atoms with Gasteiger partial charge in [0.05, 0.1) is 12.4 Å². The Hall–Kier alpha value is -0.130. The lowest BCUT2D eigenvalue weighted by Gasteiger charge is -2.27. The highest BCUT2D eigenvalue weighted by Gasteiger charge is 2.21. The van der Waals surface area contributed by atoms with Gasteiger partial charge in [-0.05, 0) is 11.3 Å². The van der Waals surface area contributed by atoms with Crippen molar-refractivity contribution >= 4 is 10.0 Å². The summed E-state index contributed by atoms with van der Waals surface area (Å²) in [6.45, 7) is 8.29. The van der Waals surface area contributed by atoms with E-state index < -0.39 is 10.0 Å². The van der Waals surface area contributed by atoms with Crippen LogP contribution in [0.2, 0.25) is 0 Å². The van der Waals surface area contributed by atoms with Crippen LogP contribution in [0, 0.1) is 11.3 Å². The van der Waals surface area contributed by atoms with Crippen LogP contribution in [0.5, 0.6) is 0 Å². The second-order valence-corrected chi connectivity index (χ2v) is 6.58. The molecular formula is C9H21NO3S. The van der Waals surface area contributed by atoms with Gasteiger partial charge in [0.25, 0.3) is 0 Å². The Morgan fingerprint density at radius 3 is 2.21 bits per heavy atom.